The first-order chi connectivity index (χ1) is 7.70. The fraction of sp³-hybridized carbons (Fsp3) is 0.200. The molecule has 0 spiro atoms. The molecule has 2 rings (SSSR count). The van der Waals surface area contributed by atoms with Gasteiger partial charge in [0, 0.05) is 0 Å². The van der Waals surface area contributed by atoms with Crippen molar-refractivity contribution < 1.29 is 0 Å². The topological polar surface area (TPSA) is 0 Å². The smallest absolute Gasteiger partial charge is 0.0143 e. The van der Waals surface area contributed by atoms with Gasteiger partial charge in [0.2, 0.25) is 0 Å². The van der Waals surface area contributed by atoms with E-state index in [0.717, 1.165) is 0 Å². The van der Waals surface area contributed by atoms with Crippen LogP contribution in [0.25, 0.3) is 11.1 Å². The van der Waals surface area contributed by atoms with Crippen molar-refractivity contribution in [3.05, 3.63) is 54.1 Å². The summed E-state index contributed by atoms with van der Waals surface area (Å²) >= 11 is 0. The van der Waals surface area contributed by atoms with Crippen LogP contribution in [0.1, 0.15) is 25.3 Å². The highest BCUT2D eigenvalue weighted by Crippen LogP contribution is 2.28. The molecule has 2 aromatic rings. The van der Waals surface area contributed by atoms with Crippen LogP contribution in [0, 0.1) is 0 Å². The van der Waals surface area contributed by atoms with Gasteiger partial charge < -0.3 is 0 Å². The van der Waals surface area contributed by atoms with Crippen LogP contribution in [0.4, 0.5) is 0 Å². The van der Waals surface area contributed by atoms with Crippen LogP contribution in [0.15, 0.2) is 48.5 Å². The van der Waals surface area contributed by atoms with Crippen LogP contribution in [0.5, 0.6) is 0 Å². The summed E-state index contributed by atoms with van der Waals surface area (Å²) in [6.45, 7) is 4.49. The molecule has 16 heavy (non-hydrogen) atoms. The van der Waals surface area contributed by atoms with Gasteiger partial charge in [-0.1, -0.05) is 62.4 Å². The predicted octanol–water partition coefficient (Wildman–Crippen LogP) is 3.98. The second-order valence-electron chi connectivity index (χ2n) is 4.33. The Labute approximate surface area is 99.9 Å². The van der Waals surface area contributed by atoms with Crippen LogP contribution in [0.2, 0.25) is 0 Å². The normalized spacial score (nSPS) is 10.8. The molecule has 0 aromatic heterocycles. The zero-order chi connectivity index (χ0) is 11.5. The summed E-state index contributed by atoms with van der Waals surface area (Å²) in [6, 6.07) is 17.1. The number of rotatable bonds is 2. The molecule has 0 nitrogen and oxygen atoms in total. The van der Waals surface area contributed by atoms with Crippen molar-refractivity contribution in [1.29, 1.82) is 0 Å². The van der Waals surface area contributed by atoms with Gasteiger partial charge in [-0.05, 0) is 27.9 Å². The van der Waals surface area contributed by atoms with Gasteiger partial charge >= 0.3 is 0 Å². The van der Waals surface area contributed by atoms with E-state index < -0.39 is 0 Å². The van der Waals surface area contributed by atoms with Gasteiger partial charge in [0.05, 0.1) is 0 Å². The zero-order valence-corrected chi connectivity index (χ0v) is 10.9. The highest BCUT2D eigenvalue weighted by Gasteiger charge is 2.10. The minimum absolute atomic E-state index is 0.545. The summed E-state index contributed by atoms with van der Waals surface area (Å²) in [4.78, 5) is 0. The Bertz CT molecular complexity index is 472. The molecule has 0 N–H and O–H groups in total. The summed E-state index contributed by atoms with van der Waals surface area (Å²) in [7, 11) is 2.84. The van der Waals surface area contributed by atoms with Crippen molar-refractivity contribution in [2.24, 2.45) is 0 Å². The molecule has 0 heterocycles. The second kappa shape index (κ2) is 4.80. The minimum atomic E-state index is 0.545. The average Bonchev–Trinajstić information content (AvgIpc) is 2.29. The maximum Gasteiger partial charge on any atom is -0.0143 e. The summed E-state index contributed by atoms with van der Waals surface area (Å²) < 4.78 is 0. The molecule has 0 bridgehead atoms. The van der Waals surface area contributed by atoms with Crippen LogP contribution >= 0.6 is 9.24 Å². The van der Waals surface area contributed by atoms with E-state index >= 15 is 0 Å². The Hall–Kier alpha value is -1.13. The van der Waals surface area contributed by atoms with Gasteiger partial charge in [-0.15, -0.1) is 9.24 Å². The third-order valence-electron chi connectivity index (χ3n) is 2.80. The van der Waals surface area contributed by atoms with Gasteiger partial charge in [0.1, 0.15) is 0 Å². The molecule has 0 aliphatic heterocycles. The summed E-state index contributed by atoms with van der Waals surface area (Å²) in [5.74, 6) is 0.545. The highest BCUT2D eigenvalue weighted by atomic mass is 31.0. The zero-order valence-electron chi connectivity index (χ0n) is 9.77. The van der Waals surface area contributed by atoms with E-state index in [1.807, 2.05) is 0 Å². The maximum absolute atomic E-state index is 2.84. The van der Waals surface area contributed by atoms with E-state index in [9.17, 15) is 0 Å². The molecule has 1 unspecified atom stereocenters. The van der Waals surface area contributed by atoms with Crippen molar-refractivity contribution in [3.63, 3.8) is 0 Å². The van der Waals surface area contributed by atoms with Crippen molar-refractivity contribution in [3.8, 4) is 11.1 Å². The summed E-state index contributed by atoms with van der Waals surface area (Å²) in [5.41, 5.74) is 4.08. The fourth-order valence-electron chi connectivity index (χ4n) is 2.10. The Morgan fingerprint density at radius 1 is 0.875 bits per heavy atom. The van der Waals surface area contributed by atoms with E-state index in [1.54, 1.807) is 0 Å². The van der Waals surface area contributed by atoms with E-state index in [-0.39, 0.29) is 0 Å². The largest absolute Gasteiger partial charge is 0.105 e. The fourth-order valence-corrected chi connectivity index (χ4v) is 2.70. The quantitative estimate of drug-likeness (QED) is 0.682. The lowest BCUT2D eigenvalue weighted by Crippen LogP contribution is -2.05. The molecule has 1 heteroatoms. The average molecular weight is 228 g/mol. The molecule has 0 amide bonds. The lowest BCUT2D eigenvalue weighted by molar-refractivity contribution is 0.876. The Balaban J connectivity index is 2.61. The van der Waals surface area contributed by atoms with Crippen LogP contribution in [0.3, 0.4) is 0 Å². The molecule has 0 radical (unpaired) electrons. The third kappa shape index (κ3) is 2.18. The lowest BCUT2D eigenvalue weighted by atomic mass is 9.92. The molecule has 0 aliphatic carbocycles. The van der Waals surface area contributed by atoms with Crippen molar-refractivity contribution in [2.75, 3.05) is 0 Å². The van der Waals surface area contributed by atoms with Crippen molar-refractivity contribution in [1.82, 2.24) is 0 Å². The van der Waals surface area contributed by atoms with E-state index in [0.29, 0.717) is 5.92 Å². The predicted molar refractivity (Wildman–Crippen MR) is 75.3 cm³/mol. The second-order valence-corrected chi connectivity index (χ2v) is 4.95. The summed E-state index contributed by atoms with van der Waals surface area (Å²) in [6.07, 6.45) is 0. The minimum Gasteiger partial charge on any atom is -0.105 e. The molecular weight excluding hydrogens is 211 g/mol. The van der Waals surface area contributed by atoms with Gasteiger partial charge in [-0.2, -0.15) is 0 Å². The van der Waals surface area contributed by atoms with Crippen LogP contribution in [-0.4, -0.2) is 0 Å². The number of hydrogen-bond acceptors (Lipinski definition) is 0. The molecule has 0 saturated heterocycles. The number of hydrogen-bond donors (Lipinski definition) is 0. The Kier molecular flexibility index (Phi) is 3.41. The SMILES string of the molecule is CC(C)c1c(P)cccc1-c1ccccc1. The monoisotopic (exact) mass is 228 g/mol. The molecule has 0 fully saturated rings. The van der Waals surface area contributed by atoms with Gasteiger partial charge in [0.25, 0.3) is 0 Å². The first kappa shape index (κ1) is 11.4. The molecule has 2 aromatic carbocycles. The maximum atomic E-state index is 2.84. The lowest BCUT2D eigenvalue weighted by Gasteiger charge is -2.15. The van der Waals surface area contributed by atoms with Crippen molar-refractivity contribution in [2.45, 2.75) is 19.8 Å². The Morgan fingerprint density at radius 3 is 2.19 bits per heavy atom. The van der Waals surface area contributed by atoms with E-state index in [1.165, 1.54) is 22.0 Å². The Morgan fingerprint density at radius 2 is 1.56 bits per heavy atom. The molecular formula is C15H17P. The standard InChI is InChI=1S/C15H17P/c1-11(2)15-13(9-6-10-14(15)16)12-7-4-3-5-8-12/h3-11H,16H2,1-2H3. The van der Waals surface area contributed by atoms with E-state index in [4.69, 9.17) is 0 Å². The first-order valence-corrected chi connectivity index (χ1v) is 6.21. The molecule has 0 aliphatic rings. The van der Waals surface area contributed by atoms with Crippen LogP contribution < -0.4 is 5.30 Å². The third-order valence-corrected chi connectivity index (χ3v) is 3.31. The highest BCUT2D eigenvalue weighted by molar-refractivity contribution is 7.27. The van der Waals surface area contributed by atoms with Gasteiger partial charge in [0.15, 0.2) is 0 Å². The van der Waals surface area contributed by atoms with E-state index in [2.05, 4.69) is 71.6 Å². The van der Waals surface area contributed by atoms with Crippen molar-refractivity contribution >= 4 is 14.5 Å². The first-order valence-electron chi connectivity index (χ1n) is 5.64. The molecule has 82 valence electrons. The van der Waals surface area contributed by atoms with Crippen LogP contribution in [-0.2, 0) is 0 Å². The summed E-state index contributed by atoms with van der Waals surface area (Å²) in [5, 5.41) is 1.30. The number of benzene rings is 2. The molecule has 1 atom stereocenters. The molecule has 0 saturated carbocycles. The van der Waals surface area contributed by atoms with Gasteiger partial charge in [-0.25, -0.2) is 0 Å². The van der Waals surface area contributed by atoms with Gasteiger partial charge in [-0.3, -0.25) is 0 Å².